The Balaban J connectivity index is 2.17. The lowest BCUT2D eigenvalue weighted by Gasteiger charge is -2.09. The summed E-state index contributed by atoms with van der Waals surface area (Å²) in [7, 11) is 0. The predicted octanol–water partition coefficient (Wildman–Crippen LogP) is 0.900. The van der Waals surface area contributed by atoms with Crippen LogP contribution in [0.5, 0.6) is 0 Å². The second kappa shape index (κ2) is 6.16. The first kappa shape index (κ1) is 11.7. The van der Waals surface area contributed by atoms with Crippen LogP contribution >= 0.6 is 0 Å². The number of carbonyl (C=O) groups excluding carboxylic acids is 1. The number of carbonyl (C=O) groups is 1. The number of hydrogen-bond donors (Lipinski definition) is 2. The van der Waals surface area contributed by atoms with Gasteiger partial charge in [-0.1, -0.05) is 20.3 Å². The molecule has 0 bridgehead atoms. The molecule has 5 heteroatoms. The highest BCUT2D eigenvalue weighted by atomic mass is 16.1. The average Bonchev–Trinajstić information content (AvgIpc) is 2.71. The standard InChI is InChI=1S/C10H18N4O/c1-3-4-8(2)10(15)11-6-5-9-12-7-13-14-9/h7-8H,3-6H2,1-2H3,(H,11,15)(H,12,13,14). The number of rotatable bonds is 6. The largest absolute Gasteiger partial charge is 0.355 e. The maximum atomic E-state index is 11.5. The topological polar surface area (TPSA) is 70.7 Å². The Bertz CT molecular complexity index is 284. The van der Waals surface area contributed by atoms with E-state index in [9.17, 15) is 4.79 Å². The first-order valence-electron chi connectivity index (χ1n) is 5.36. The molecule has 1 rings (SSSR count). The molecule has 0 saturated carbocycles. The third-order valence-electron chi connectivity index (χ3n) is 2.30. The molecule has 0 aliphatic carbocycles. The second-order valence-electron chi connectivity index (χ2n) is 3.66. The van der Waals surface area contributed by atoms with Crippen LogP contribution in [0.15, 0.2) is 6.33 Å². The summed E-state index contributed by atoms with van der Waals surface area (Å²) in [6.45, 7) is 4.65. The molecule has 1 unspecified atom stereocenters. The summed E-state index contributed by atoms with van der Waals surface area (Å²) in [6, 6.07) is 0. The van der Waals surface area contributed by atoms with E-state index in [1.54, 1.807) is 0 Å². The maximum Gasteiger partial charge on any atom is 0.222 e. The third kappa shape index (κ3) is 4.10. The fourth-order valence-corrected chi connectivity index (χ4v) is 1.39. The maximum absolute atomic E-state index is 11.5. The molecule has 5 nitrogen and oxygen atoms in total. The van der Waals surface area contributed by atoms with Crippen LogP contribution in [0, 0.1) is 5.92 Å². The lowest BCUT2D eigenvalue weighted by Crippen LogP contribution is -2.31. The van der Waals surface area contributed by atoms with Crippen molar-refractivity contribution in [2.45, 2.75) is 33.1 Å². The molecule has 0 spiro atoms. The van der Waals surface area contributed by atoms with Gasteiger partial charge in [0.25, 0.3) is 0 Å². The quantitative estimate of drug-likeness (QED) is 0.732. The van der Waals surface area contributed by atoms with Crippen LogP contribution < -0.4 is 5.32 Å². The van der Waals surface area contributed by atoms with E-state index in [1.165, 1.54) is 6.33 Å². The minimum absolute atomic E-state index is 0.102. The highest BCUT2D eigenvalue weighted by molar-refractivity contribution is 5.78. The van der Waals surface area contributed by atoms with Gasteiger partial charge in [0.15, 0.2) is 0 Å². The van der Waals surface area contributed by atoms with Gasteiger partial charge in [-0.05, 0) is 6.42 Å². The number of nitrogens with zero attached hydrogens (tertiary/aromatic N) is 2. The molecule has 0 saturated heterocycles. The zero-order valence-corrected chi connectivity index (χ0v) is 9.29. The number of nitrogens with one attached hydrogen (secondary N) is 2. The first-order valence-corrected chi connectivity index (χ1v) is 5.36. The predicted molar refractivity (Wildman–Crippen MR) is 57.2 cm³/mol. The molecule has 0 aromatic carbocycles. The van der Waals surface area contributed by atoms with Gasteiger partial charge in [-0.15, -0.1) is 0 Å². The second-order valence-corrected chi connectivity index (χ2v) is 3.66. The van der Waals surface area contributed by atoms with E-state index < -0.39 is 0 Å². The molecule has 0 fully saturated rings. The van der Waals surface area contributed by atoms with Crippen LogP contribution in [-0.2, 0) is 11.2 Å². The molecule has 1 aromatic heterocycles. The molecule has 0 aliphatic rings. The minimum atomic E-state index is 0.102. The summed E-state index contributed by atoms with van der Waals surface area (Å²) < 4.78 is 0. The Morgan fingerprint density at radius 1 is 1.67 bits per heavy atom. The fraction of sp³-hybridized carbons (Fsp3) is 0.700. The van der Waals surface area contributed by atoms with Crippen molar-refractivity contribution in [3.8, 4) is 0 Å². The highest BCUT2D eigenvalue weighted by Crippen LogP contribution is 2.04. The normalized spacial score (nSPS) is 12.4. The number of aromatic amines is 1. The molecule has 15 heavy (non-hydrogen) atoms. The smallest absolute Gasteiger partial charge is 0.222 e. The molecule has 0 aliphatic heterocycles. The van der Waals surface area contributed by atoms with Crippen molar-refractivity contribution in [2.24, 2.45) is 5.92 Å². The molecule has 0 radical (unpaired) electrons. The third-order valence-corrected chi connectivity index (χ3v) is 2.30. The fourth-order valence-electron chi connectivity index (χ4n) is 1.39. The summed E-state index contributed by atoms with van der Waals surface area (Å²) >= 11 is 0. The van der Waals surface area contributed by atoms with Gasteiger partial charge >= 0.3 is 0 Å². The zero-order chi connectivity index (χ0) is 11.1. The Labute approximate surface area is 89.7 Å². The summed E-state index contributed by atoms with van der Waals surface area (Å²) in [6.07, 6.45) is 4.15. The monoisotopic (exact) mass is 210 g/mol. The molecule has 2 N–H and O–H groups in total. The van der Waals surface area contributed by atoms with Gasteiger partial charge in [0.05, 0.1) is 0 Å². The van der Waals surface area contributed by atoms with Crippen molar-refractivity contribution in [3.63, 3.8) is 0 Å². The number of H-pyrrole nitrogens is 1. The Morgan fingerprint density at radius 2 is 2.47 bits per heavy atom. The van der Waals surface area contributed by atoms with Crippen LogP contribution in [0.3, 0.4) is 0 Å². The molecule has 1 atom stereocenters. The van der Waals surface area contributed by atoms with Crippen molar-refractivity contribution in [2.75, 3.05) is 6.54 Å². The molecular formula is C10H18N4O. The summed E-state index contributed by atoms with van der Waals surface area (Å²) in [5.74, 6) is 1.03. The van der Waals surface area contributed by atoms with Crippen LogP contribution in [0.1, 0.15) is 32.5 Å². The summed E-state index contributed by atoms with van der Waals surface area (Å²) in [5.41, 5.74) is 0. The molecule has 84 valence electrons. The van der Waals surface area contributed by atoms with E-state index in [2.05, 4.69) is 27.4 Å². The lowest BCUT2D eigenvalue weighted by atomic mass is 10.1. The molecule has 1 amide bonds. The number of aromatic nitrogens is 3. The van der Waals surface area contributed by atoms with Gasteiger partial charge in [-0.25, -0.2) is 4.98 Å². The van der Waals surface area contributed by atoms with Crippen LogP contribution in [0.4, 0.5) is 0 Å². The van der Waals surface area contributed by atoms with Crippen molar-refractivity contribution in [1.29, 1.82) is 0 Å². The van der Waals surface area contributed by atoms with Crippen LogP contribution in [0.25, 0.3) is 0 Å². The van der Waals surface area contributed by atoms with Gasteiger partial charge in [-0.2, -0.15) is 5.10 Å². The van der Waals surface area contributed by atoms with Crippen LogP contribution in [0.2, 0.25) is 0 Å². The highest BCUT2D eigenvalue weighted by Gasteiger charge is 2.10. The summed E-state index contributed by atoms with van der Waals surface area (Å²) in [4.78, 5) is 15.5. The van der Waals surface area contributed by atoms with E-state index in [4.69, 9.17) is 0 Å². The van der Waals surface area contributed by atoms with Gasteiger partial charge in [0.1, 0.15) is 12.2 Å². The van der Waals surface area contributed by atoms with Crippen molar-refractivity contribution in [3.05, 3.63) is 12.2 Å². The van der Waals surface area contributed by atoms with Gasteiger partial charge in [0, 0.05) is 18.9 Å². The molecule has 1 heterocycles. The molecular weight excluding hydrogens is 192 g/mol. The van der Waals surface area contributed by atoms with Crippen molar-refractivity contribution < 1.29 is 4.79 Å². The van der Waals surface area contributed by atoms with Gasteiger partial charge in [0.2, 0.25) is 5.91 Å². The van der Waals surface area contributed by atoms with E-state index >= 15 is 0 Å². The Hall–Kier alpha value is -1.39. The number of amides is 1. The van der Waals surface area contributed by atoms with Crippen LogP contribution in [-0.4, -0.2) is 27.6 Å². The SMILES string of the molecule is CCCC(C)C(=O)NCCc1ncn[nH]1. The average molecular weight is 210 g/mol. The van der Waals surface area contributed by atoms with Gasteiger partial charge < -0.3 is 5.32 Å². The van der Waals surface area contributed by atoms with E-state index in [0.717, 1.165) is 18.7 Å². The zero-order valence-electron chi connectivity index (χ0n) is 9.29. The van der Waals surface area contributed by atoms with Gasteiger partial charge in [-0.3, -0.25) is 9.89 Å². The summed E-state index contributed by atoms with van der Waals surface area (Å²) in [5, 5.41) is 9.37. The molecule has 1 aromatic rings. The lowest BCUT2D eigenvalue weighted by molar-refractivity contribution is -0.124. The minimum Gasteiger partial charge on any atom is -0.355 e. The number of hydrogen-bond acceptors (Lipinski definition) is 3. The van der Waals surface area contributed by atoms with E-state index in [1.807, 2.05) is 6.92 Å². The Morgan fingerprint density at radius 3 is 3.07 bits per heavy atom. The van der Waals surface area contributed by atoms with E-state index in [0.29, 0.717) is 13.0 Å². The van der Waals surface area contributed by atoms with Crippen molar-refractivity contribution in [1.82, 2.24) is 20.5 Å². The Kier molecular flexibility index (Phi) is 4.80. The first-order chi connectivity index (χ1) is 7.24. The van der Waals surface area contributed by atoms with E-state index in [-0.39, 0.29) is 11.8 Å². The van der Waals surface area contributed by atoms with Crippen molar-refractivity contribution >= 4 is 5.91 Å².